The van der Waals surface area contributed by atoms with Crippen LogP contribution in [0.25, 0.3) is 0 Å². The first-order valence-corrected chi connectivity index (χ1v) is 10.8. The Morgan fingerprint density at radius 1 is 1.10 bits per heavy atom. The predicted molar refractivity (Wildman–Crippen MR) is 122 cm³/mol. The van der Waals surface area contributed by atoms with Crippen LogP contribution in [0.1, 0.15) is 49.2 Å². The van der Waals surface area contributed by atoms with Gasteiger partial charge in [0.15, 0.2) is 17.3 Å². The van der Waals surface area contributed by atoms with Crippen molar-refractivity contribution in [2.24, 2.45) is 0 Å². The second kappa shape index (κ2) is 10.9. The predicted octanol–water partition coefficient (Wildman–Crippen LogP) is 3.12. The highest BCUT2D eigenvalue weighted by Gasteiger charge is 2.33. The largest absolute Gasteiger partial charge is 0.493 e. The van der Waals surface area contributed by atoms with Gasteiger partial charge in [-0.1, -0.05) is 25.0 Å². The lowest BCUT2D eigenvalue weighted by atomic mass is 10.0. The minimum Gasteiger partial charge on any atom is -0.493 e. The smallest absolute Gasteiger partial charge is 0.173 e. The van der Waals surface area contributed by atoms with E-state index in [1.165, 1.54) is 12.8 Å². The van der Waals surface area contributed by atoms with Gasteiger partial charge in [-0.3, -0.25) is 9.80 Å². The maximum Gasteiger partial charge on any atom is 0.173 e. The number of ether oxygens (including phenoxy) is 2. The van der Waals surface area contributed by atoms with E-state index in [9.17, 15) is 0 Å². The molecule has 1 aromatic carbocycles. The Balaban J connectivity index is 0.00000272. The van der Waals surface area contributed by atoms with E-state index in [4.69, 9.17) is 9.47 Å². The Bertz CT molecular complexity index is 846. The molecule has 2 heterocycles. The highest BCUT2D eigenvalue weighted by atomic mass is 35.5. The number of rotatable bonds is 8. The quantitative estimate of drug-likeness (QED) is 0.574. The molecule has 170 valence electrons. The van der Waals surface area contributed by atoms with Crippen LogP contribution in [-0.4, -0.2) is 77.0 Å². The van der Waals surface area contributed by atoms with Gasteiger partial charge < -0.3 is 9.47 Å². The van der Waals surface area contributed by atoms with E-state index in [0.29, 0.717) is 6.04 Å². The maximum absolute atomic E-state index is 5.59. The number of hydrogen-bond acceptors (Lipinski definition) is 7. The third-order valence-corrected chi connectivity index (χ3v) is 6.32. The summed E-state index contributed by atoms with van der Waals surface area (Å²) in [4.78, 5) is 4.91. The molecular weight excluding hydrogens is 416 g/mol. The highest BCUT2D eigenvalue weighted by Crippen LogP contribution is 2.37. The summed E-state index contributed by atoms with van der Waals surface area (Å²) in [7, 11) is 3.34. The number of nitrogens with zero attached hydrogens (tertiary/aromatic N) is 6. The number of hydrogen-bond donors (Lipinski definition) is 0. The molecule has 1 saturated carbocycles. The molecule has 0 spiro atoms. The van der Waals surface area contributed by atoms with E-state index in [1.807, 2.05) is 12.1 Å². The number of methoxy groups -OCH3 is 2. The van der Waals surface area contributed by atoms with Gasteiger partial charge in [-0.2, -0.15) is 0 Å². The van der Waals surface area contributed by atoms with E-state index < -0.39 is 0 Å². The summed E-state index contributed by atoms with van der Waals surface area (Å²) in [6.45, 7) is 8.70. The SMILES string of the molecule is C=CCN1CCN(C(c2ccc(OC)c(OC)c2)c2nnnn2C2CCCC2)CC1.Cl. The number of aromatic nitrogens is 4. The zero-order valence-electron chi connectivity index (χ0n) is 18.4. The zero-order valence-corrected chi connectivity index (χ0v) is 19.3. The summed E-state index contributed by atoms with van der Waals surface area (Å²) in [5.74, 6) is 2.38. The molecule has 0 bridgehead atoms. The van der Waals surface area contributed by atoms with Crippen molar-refractivity contribution in [3.63, 3.8) is 0 Å². The first-order valence-electron chi connectivity index (χ1n) is 10.8. The first kappa shape index (κ1) is 23.5. The van der Waals surface area contributed by atoms with Gasteiger partial charge >= 0.3 is 0 Å². The monoisotopic (exact) mass is 448 g/mol. The van der Waals surface area contributed by atoms with Gasteiger partial charge in [0, 0.05) is 32.7 Å². The van der Waals surface area contributed by atoms with Crippen molar-refractivity contribution >= 4 is 12.4 Å². The van der Waals surface area contributed by atoms with Crippen LogP contribution in [0.4, 0.5) is 0 Å². The van der Waals surface area contributed by atoms with Crippen molar-refractivity contribution in [2.45, 2.75) is 37.8 Å². The molecule has 0 radical (unpaired) electrons. The molecule has 31 heavy (non-hydrogen) atoms. The average molecular weight is 449 g/mol. The molecule has 4 rings (SSSR count). The van der Waals surface area contributed by atoms with E-state index in [1.54, 1.807) is 14.2 Å². The fraction of sp³-hybridized carbons (Fsp3) is 0.591. The van der Waals surface area contributed by atoms with E-state index in [2.05, 4.69) is 48.7 Å². The number of tetrazole rings is 1. The molecule has 1 aliphatic carbocycles. The van der Waals surface area contributed by atoms with Gasteiger partial charge in [-0.15, -0.1) is 24.1 Å². The molecular formula is C22H33ClN6O2. The Kier molecular flexibility index (Phi) is 8.28. The van der Waals surface area contributed by atoms with Crippen LogP contribution < -0.4 is 9.47 Å². The third kappa shape index (κ3) is 5.02. The molecule has 2 aromatic rings. The summed E-state index contributed by atoms with van der Waals surface area (Å²) in [6.07, 6.45) is 6.74. The lowest BCUT2D eigenvalue weighted by Gasteiger charge is -2.39. The van der Waals surface area contributed by atoms with E-state index in [-0.39, 0.29) is 18.4 Å². The molecule has 2 aliphatic rings. The van der Waals surface area contributed by atoms with Crippen molar-refractivity contribution in [1.29, 1.82) is 0 Å². The minimum absolute atomic E-state index is 0. The van der Waals surface area contributed by atoms with Gasteiger partial charge in [-0.25, -0.2) is 4.68 Å². The van der Waals surface area contributed by atoms with Gasteiger partial charge in [-0.05, 0) is 41.0 Å². The van der Waals surface area contributed by atoms with E-state index in [0.717, 1.165) is 68.5 Å². The third-order valence-electron chi connectivity index (χ3n) is 6.32. The van der Waals surface area contributed by atoms with Crippen molar-refractivity contribution in [1.82, 2.24) is 30.0 Å². The lowest BCUT2D eigenvalue weighted by Crippen LogP contribution is -2.48. The minimum atomic E-state index is -0.0220. The summed E-state index contributed by atoms with van der Waals surface area (Å²) in [5.41, 5.74) is 1.12. The maximum atomic E-state index is 5.59. The molecule has 1 aliphatic heterocycles. The van der Waals surface area contributed by atoms with Crippen LogP contribution in [0, 0.1) is 0 Å². The zero-order chi connectivity index (χ0) is 20.9. The molecule has 0 N–H and O–H groups in total. The van der Waals surface area contributed by atoms with Crippen LogP contribution >= 0.6 is 12.4 Å². The molecule has 0 amide bonds. The summed E-state index contributed by atoms with van der Waals surface area (Å²) in [5, 5.41) is 13.0. The molecule has 1 saturated heterocycles. The average Bonchev–Trinajstić information content (AvgIpc) is 3.47. The van der Waals surface area contributed by atoms with Gasteiger partial charge in [0.1, 0.15) is 0 Å². The summed E-state index contributed by atoms with van der Waals surface area (Å²) in [6, 6.07) is 6.51. The van der Waals surface area contributed by atoms with Crippen LogP contribution in [0.5, 0.6) is 11.5 Å². The Hall–Kier alpha value is -2.16. The highest BCUT2D eigenvalue weighted by molar-refractivity contribution is 5.85. The van der Waals surface area contributed by atoms with Crippen LogP contribution in [-0.2, 0) is 0 Å². The number of piperazine rings is 1. The molecule has 8 nitrogen and oxygen atoms in total. The van der Waals surface area contributed by atoms with Crippen LogP contribution in [0.3, 0.4) is 0 Å². The Morgan fingerprint density at radius 2 is 1.81 bits per heavy atom. The first-order chi connectivity index (χ1) is 14.7. The molecule has 2 fully saturated rings. The van der Waals surface area contributed by atoms with Crippen LogP contribution in [0.2, 0.25) is 0 Å². The normalized spacial score (nSPS) is 19.0. The van der Waals surface area contributed by atoms with Crippen molar-refractivity contribution in [2.75, 3.05) is 46.9 Å². The standard InChI is InChI=1S/C22H32N6O2.ClH/c1-4-11-26-12-14-27(15-13-26)21(17-9-10-19(29-2)20(16-17)30-3)22-23-24-25-28(22)18-7-5-6-8-18;/h4,9-10,16,18,21H,1,5-8,11-15H2,2-3H3;1H. The van der Waals surface area contributed by atoms with Crippen LogP contribution in [0.15, 0.2) is 30.9 Å². The van der Waals surface area contributed by atoms with Gasteiger partial charge in [0.05, 0.1) is 26.3 Å². The molecule has 9 heteroatoms. The topological polar surface area (TPSA) is 68.5 Å². The Labute approximate surface area is 190 Å². The number of halogens is 1. The second-order valence-electron chi connectivity index (χ2n) is 8.06. The van der Waals surface area contributed by atoms with Crippen molar-refractivity contribution in [3.05, 3.63) is 42.2 Å². The van der Waals surface area contributed by atoms with Crippen molar-refractivity contribution in [3.8, 4) is 11.5 Å². The molecule has 1 aromatic heterocycles. The fourth-order valence-corrected chi connectivity index (χ4v) is 4.72. The summed E-state index contributed by atoms with van der Waals surface area (Å²) < 4.78 is 13.1. The fourth-order valence-electron chi connectivity index (χ4n) is 4.72. The molecule has 1 atom stereocenters. The lowest BCUT2D eigenvalue weighted by molar-refractivity contribution is 0.111. The van der Waals surface area contributed by atoms with E-state index >= 15 is 0 Å². The molecule has 1 unspecified atom stereocenters. The van der Waals surface area contributed by atoms with Gasteiger partial charge in [0.25, 0.3) is 0 Å². The second-order valence-corrected chi connectivity index (χ2v) is 8.06. The van der Waals surface area contributed by atoms with Gasteiger partial charge in [0.2, 0.25) is 0 Å². The Morgan fingerprint density at radius 3 is 2.45 bits per heavy atom. The number of benzene rings is 1. The van der Waals surface area contributed by atoms with Crippen molar-refractivity contribution < 1.29 is 9.47 Å². The summed E-state index contributed by atoms with van der Waals surface area (Å²) >= 11 is 0.